The van der Waals surface area contributed by atoms with E-state index in [9.17, 15) is 4.79 Å². The van der Waals surface area contributed by atoms with Crippen LogP contribution in [0.4, 0.5) is 0 Å². The van der Waals surface area contributed by atoms with Crippen LogP contribution < -0.4 is 10.5 Å². The van der Waals surface area contributed by atoms with Crippen LogP contribution in [0.5, 0.6) is 5.75 Å². The fourth-order valence-corrected chi connectivity index (χ4v) is 2.35. The monoisotopic (exact) mass is 293 g/mol. The van der Waals surface area contributed by atoms with E-state index in [4.69, 9.17) is 15.2 Å². The Balaban J connectivity index is 2.88. The van der Waals surface area contributed by atoms with Gasteiger partial charge in [0.1, 0.15) is 12.4 Å². The quantitative estimate of drug-likeness (QED) is 0.819. The van der Waals surface area contributed by atoms with Crippen LogP contribution in [-0.2, 0) is 16.0 Å². The van der Waals surface area contributed by atoms with Crippen molar-refractivity contribution in [3.8, 4) is 5.75 Å². The predicted octanol–water partition coefficient (Wildman–Crippen LogP) is 2.77. The number of carbonyl (C=O) groups is 1. The van der Waals surface area contributed by atoms with Gasteiger partial charge in [-0.1, -0.05) is 12.1 Å². The maximum absolute atomic E-state index is 11.7. The predicted molar refractivity (Wildman–Crippen MR) is 84.6 cm³/mol. The van der Waals surface area contributed by atoms with Gasteiger partial charge in [-0.05, 0) is 57.7 Å². The summed E-state index contributed by atoms with van der Waals surface area (Å²) in [5.41, 5.74) is 8.51. The highest BCUT2D eigenvalue weighted by molar-refractivity contribution is 5.75. The molecule has 0 aliphatic heterocycles. The Morgan fingerprint density at radius 1 is 1.29 bits per heavy atom. The number of benzene rings is 1. The van der Waals surface area contributed by atoms with Gasteiger partial charge in [-0.3, -0.25) is 4.79 Å². The largest absolute Gasteiger partial charge is 0.492 e. The fourth-order valence-electron chi connectivity index (χ4n) is 2.35. The van der Waals surface area contributed by atoms with Crippen LogP contribution in [0, 0.1) is 19.3 Å². The third-order valence-corrected chi connectivity index (χ3v) is 3.39. The van der Waals surface area contributed by atoms with Crippen LogP contribution in [0.2, 0.25) is 0 Å². The Bertz CT molecular complexity index is 484. The van der Waals surface area contributed by atoms with Crippen molar-refractivity contribution < 1.29 is 14.3 Å². The smallest absolute Gasteiger partial charge is 0.314 e. The molecule has 118 valence electrons. The lowest BCUT2D eigenvalue weighted by Gasteiger charge is -2.23. The van der Waals surface area contributed by atoms with Crippen molar-refractivity contribution in [1.82, 2.24) is 0 Å². The van der Waals surface area contributed by atoms with Gasteiger partial charge in [0, 0.05) is 6.04 Å². The highest BCUT2D eigenvalue weighted by Gasteiger charge is 2.30. The van der Waals surface area contributed by atoms with Gasteiger partial charge in [0.15, 0.2) is 0 Å². The van der Waals surface area contributed by atoms with Gasteiger partial charge in [-0.25, -0.2) is 0 Å². The summed E-state index contributed by atoms with van der Waals surface area (Å²) in [5, 5.41) is 0. The van der Waals surface area contributed by atoms with E-state index in [0.29, 0.717) is 0 Å². The molecule has 1 rings (SSSR count). The molecule has 4 nitrogen and oxygen atoms in total. The van der Waals surface area contributed by atoms with E-state index in [-0.39, 0.29) is 18.6 Å². The van der Waals surface area contributed by atoms with Gasteiger partial charge < -0.3 is 15.2 Å². The molecule has 0 saturated carbocycles. The molecule has 0 radical (unpaired) electrons. The molecular formula is C17H27NO3. The van der Waals surface area contributed by atoms with Crippen molar-refractivity contribution >= 4 is 5.97 Å². The van der Waals surface area contributed by atoms with Crippen LogP contribution in [-0.4, -0.2) is 25.7 Å². The lowest BCUT2D eigenvalue weighted by atomic mass is 9.95. The average Bonchev–Trinajstić information content (AvgIpc) is 2.35. The van der Waals surface area contributed by atoms with Gasteiger partial charge in [0.25, 0.3) is 0 Å². The lowest BCUT2D eigenvalue weighted by Crippen LogP contribution is -2.32. The van der Waals surface area contributed by atoms with E-state index in [1.807, 2.05) is 34.6 Å². The third-order valence-electron chi connectivity index (χ3n) is 3.39. The second kappa shape index (κ2) is 6.94. The van der Waals surface area contributed by atoms with E-state index in [2.05, 4.69) is 12.1 Å². The third kappa shape index (κ3) is 4.74. The first kappa shape index (κ1) is 17.5. The van der Waals surface area contributed by atoms with Crippen LogP contribution in [0.1, 0.15) is 37.5 Å². The summed E-state index contributed by atoms with van der Waals surface area (Å²) in [6, 6.07) is 4.32. The normalized spacial score (nSPS) is 12.9. The minimum Gasteiger partial charge on any atom is -0.492 e. The van der Waals surface area contributed by atoms with E-state index in [0.717, 1.165) is 23.3 Å². The van der Waals surface area contributed by atoms with E-state index in [1.54, 1.807) is 0 Å². The number of hydrogen-bond acceptors (Lipinski definition) is 4. The Labute approximate surface area is 127 Å². The Morgan fingerprint density at radius 2 is 1.81 bits per heavy atom. The molecule has 4 heteroatoms. The Morgan fingerprint density at radius 3 is 2.24 bits per heavy atom. The zero-order valence-corrected chi connectivity index (χ0v) is 13.9. The molecule has 0 spiro atoms. The number of ether oxygens (including phenoxy) is 2. The molecule has 0 saturated heterocycles. The van der Waals surface area contributed by atoms with E-state index in [1.165, 1.54) is 12.7 Å². The molecular weight excluding hydrogens is 266 g/mol. The summed E-state index contributed by atoms with van der Waals surface area (Å²) < 4.78 is 10.7. The summed E-state index contributed by atoms with van der Waals surface area (Å²) in [7, 11) is 1.39. The zero-order chi connectivity index (χ0) is 16.2. The molecule has 21 heavy (non-hydrogen) atoms. The van der Waals surface area contributed by atoms with Gasteiger partial charge in [0.2, 0.25) is 0 Å². The average molecular weight is 293 g/mol. The molecule has 0 aliphatic carbocycles. The maximum Gasteiger partial charge on any atom is 0.314 e. The topological polar surface area (TPSA) is 61.5 Å². The molecule has 0 aromatic heterocycles. The molecule has 0 fully saturated rings. The summed E-state index contributed by atoms with van der Waals surface area (Å²) in [6.45, 7) is 9.93. The minimum absolute atomic E-state index is 0.133. The highest BCUT2D eigenvalue weighted by atomic mass is 16.5. The second-order valence-corrected chi connectivity index (χ2v) is 6.40. The van der Waals surface area contributed by atoms with Gasteiger partial charge in [-0.2, -0.15) is 0 Å². The summed E-state index contributed by atoms with van der Waals surface area (Å²) in [5.74, 6) is 0.562. The van der Waals surface area contributed by atoms with Crippen LogP contribution in [0.15, 0.2) is 12.1 Å². The lowest BCUT2D eigenvalue weighted by molar-refractivity contribution is -0.152. The summed E-state index contributed by atoms with van der Waals surface area (Å²) in [6.07, 6.45) is 0.843. The summed E-state index contributed by atoms with van der Waals surface area (Å²) >= 11 is 0. The molecule has 0 heterocycles. The number of aryl methyl sites for hydroxylation is 2. The molecule has 0 aliphatic rings. The van der Waals surface area contributed by atoms with E-state index < -0.39 is 5.41 Å². The molecule has 2 N–H and O–H groups in total. The SMILES string of the molecule is COC(=O)C(C)(C)COc1c(C)cc(CC(C)N)cc1C. The maximum atomic E-state index is 11.7. The van der Waals surface area contributed by atoms with Crippen LogP contribution in [0.3, 0.4) is 0 Å². The summed E-state index contributed by atoms with van der Waals surface area (Å²) in [4.78, 5) is 11.7. The second-order valence-electron chi connectivity index (χ2n) is 6.40. The molecule has 0 amide bonds. The first-order valence-electron chi connectivity index (χ1n) is 7.24. The standard InChI is InChI=1S/C17H27NO3/c1-11-7-14(9-13(3)18)8-12(2)15(11)21-10-17(4,5)16(19)20-6/h7-8,13H,9-10,18H2,1-6H3. The van der Waals surface area contributed by atoms with Crippen molar-refractivity contribution in [2.75, 3.05) is 13.7 Å². The van der Waals surface area contributed by atoms with Crippen molar-refractivity contribution in [2.45, 2.75) is 47.1 Å². The minimum atomic E-state index is -0.669. The van der Waals surface area contributed by atoms with Gasteiger partial charge in [-0.15, -0.1) is 0 Å². The first-order chi connectivity index (χ1) is 9.67. The fraction of sp³-hybridized carbons (Fsp3) is 0.588. The number of rotatable bonds is 6. The highest BCUT2D eigenvalue weighted by Crippen LogP contribution is 2.28. The Kier molecular flexibility index (Phi) is 5.78. The van der Waals surface area contributed by atoms with Gasteiger partial charge in [0.05, 0.1) is 12.5 Å². The molecule has 1 aromatic rings. The molecule has 1 atom stereocenters. The number of nitrogens with two attached hydrogens (primary N) is 1. The molecule has 1 aromatic carbocycles. The van der Waals surface area contributed by atoms with E-state index >= 15 is 0 Å². The Hall–Kier alpha value is -1.55. The number of carbonyl (C=O) groups excluding carboxylic acids is 1. The zero-order valence-electron chi connectivity index (χ0n) is 13.9. The van der Waals surface area contributed by atoms with Crippen molar-refractivity contribution in [3.05, 3.63) is 28.8 Å². The number of methoxy groups -OCH3 is 1. The van der Waals surface area contributed by atoms with Crippen molar-refractivity contribution in [2.24, 2.45) is 11.1 Å². The number of esters is 1. The number of hydrogen-bond donors (Lipinski definition) is 1. The van der Waals surface area contributed by atoms with Crippen molar-refractivity contribution in [1.29, 1.82) is 0 Å². The van der Waals surface area contributed by atoms with Crippen LogP contribution in [0.25, 0.3) is 0 Å². The molecule has 0 bridgehead atoms. The first-order valence-corrected chi connectivity index (χ1v) is 7.24. The van der Waals surface area contributed by atoms with Gasteiger partial charge >= 0.3 is 5.97 Å². The van der Waals surface area contributed by atoms with Crippen LogP contribution >= 0.6 is 0 Å². The van der Waals surface area contributed by atoms with Crippen molar-refractivity contribution in [3.63, 3.8) is 0 Å². The molecule has 1 unspecified atom stereocenters.